The molecule has 1 aromatic carbocycles. The van der Waals surface area contributed by atoms with Gasteiger partial charge in [0.2, 0.25) is 0 Å². The third-order valence-electron chi connectivity index (χ3n) is 7.58. The average molecular weight is 536 g/mol. The Morgan fingerprint density at radius 1 is 1.05 bits per heavy atom. The van der Waals surface area contributed by atoms with Gasteiger partial charge in [0.15, 0.2) is 11.5 Å². The van der Waals surface area contributed by atoms with E-state index in [0.717, 1.165) is 55.6 Å². The number of carbonyl (C=O) groups is 1. The number of hydrogen-bond acceptors (Lipinski definition) is 9. The van der Waals surface area contributed by atoms with Crippen LogP contribution in [0.25, 0.3) is 22.4 Å². The minimum Gasteiger partial charge on any atom is -0.444 e. The number of hydrogen-bond donors (Lipinski definition) is 0. The van der Waals surface area contributed by atoms with E-state index in [1.54, 1.807) is 17.0 Å². The number of ether oxygens (including phenoxy) is 2. The SMILES string of the molecule is CC(C)(C)OC(=O)N1CCC(n2ncc3c(N4CC5CCC(C4)O5)nc(-c4ccc([N+](=O)[O-])cc4)nc32)CC1. The molecular formula is C27H33N7O5. The number of rotatable bonds is 4. The van der Waals surface area contributed by atoms with Crippen molar-refractivity contribution in [3.63, 3.8) is 0 Å². The summed E-state index contributed by atoms with van der Waals surface area (Å²) < 4.78 is 13.6. The number of aromatic nitrogens is 4. The molecule has 0 N–H and O–H groups in total. The maximum atomic E-state index is 12.6. The number of morpholine rings is 1. The largest absolute Gasteiger partial charge is 0.444 e. The molecule has 206 valence electrons. The van der Waals surface area contributed by atoms with E-state index in [1.165, 1.54) is 12.1 Å². The van der Waals surface area contributed by atoms with Crippen LogP contribution in [0.15, 0.2) is 30.5 Å². The molecule has 0 saturated carbocycles. The van der Waals surface area contributed by atoms with Crippen molar-refractivity contribution in [2.24, 2.45) is 0 Å². The monoisotopic (exact) mass is 535 g/mol. The van der Waals surface area contributed by atoms with Crippen molar-refractivity contribution in [1.82, 2.24) is 24.6 Å². The van der Waals surface area contributed by atoms with E-state index >= 15 is 0 Å². The fourth-order valence-electron chi connectivity index (χ4n) is 5.69. The third kappa shape index (κ3) is 5.12. The molecule has 0 spiro atoms. The molecule has 12 nitrogen and oxygen atoms in total. The molecule has 3 fully saturated rings. The van der Waals surface area contributed by atoms with Crippen molar-refractivity contribution in [2.75, 3.05) is 31.1 Å². The Morgan fingerprint density at radius 2 is 1.72 bits per heavy atom. The van der Waals surface area contributed by atoms with Gasteiger partial charge in [-0.25, -0.2) is 19.4 Å². The highest BCUT2D eigenvalue weighted by Crippen LogP contribution is 2.35. The summed E-state index contributed by atoms with van der Waals surface area (Å²) in [6.07, 6.45) is 5.45. The first kappa shape index (κ1) is 25.5. The Labute approximate surface area is 226 Å². The minimum atomic E-state index is -0.535. The van der Waals surface area contributed by atoms with Crippen LogP contribution in [-0.2, 0) is 9.47 Å². The summed E-state index contributed by atoms with van der Waals surface area (Å²) in [5, 5.41) is 16.8. The highest BCUT2D eigenvalue weighted by atomic mass is 16.6. The Hall–Kier alpha value is -3.80. The van der Waals surface area contributed by atoms with Crippen LogP contribution in [0, 0.1) is 10.1 Å². The molecule has 0 radical (unpaired) electrons. The van der Waals surface area contributed by atoms with Gasteiger partial charge in [0, 0.05) is 43.9 Å². The summed E-state index contributed by atoms with van der Waals surface area (Å²) in [5.74, 6) is 1.31. The van der Waals surface area contributed by atoms with Crippen molar-refractivity contribution < 1.29 is 19.2 Å². The van der Waals surface area contributed by atoms with Crippen molar-refractivity contribution in [2.45, 2.75) is 70.3 Å². The highest BCUT2D eigenvalue weighted by Gasteiger charge is 2.36. The smallest absolute Gasteiger partial charge is 0.410 e. The van der Waals surface area contributed by atoms with Crippen molar-refractivity contribution in [1.29, 1.82) is 0 Å². The number of nitro groups is 1. The maximum Gasteiger partial charge on any atom is 0.410 e. The molecular weight excluding hydrogens is 502 g/mol. The molecule has 12 heteroatoms. The van der Waals surface area contributed by atoms with Gasteiger partial charge in [-0.1, -0.05) is 0 Å². The molecule has 1 amide bonds. The van der Waals surface area contributed by atoms with Crippen LogP contribution in [0.3, 0.4) is 0 Å². The highest BCUT2D eigenvalue weighted by molar-refractivity contribution is 5.89. The molecule has 2 unspecified atom stereocenters. The van der Waals surface area contributed by atoms with Gasteiger partial charge < -0.3 is 19.3 Å². The molecule has 2 atom stereocenters. The molecule has 0 aliphatic carbocycles. The lowest BCUT2D eigenvalue weighted by molar-refractivity contribution is -0.384. The zero-order valence-electron chi connectivity index (χ0n) is 22.4. The van der Waals surface area contributed by atoms with E-state index in [2.05, 4.69) is 4.90 Å². The Balaban J connectivity index is 1.33. The van der Waals surface area contributed by atoms with Crippen LogP contribution >= 0.6 is 0 Å². The number of fused-ring (bicyclic) bond motifs is 3. The average Bonchev–Trinajstić information content (AvgIpc) is 3.49. The van der Waals surface area contributed by atoms with Crippen LogP contribution in [-0.4, -0.2) is 79.7 Å². The van der Waals surface area contributed by atoms with Crippen LogP contribution in [0.4, 0.5) is 16.3 Å². The lowest BCUT2D eigenvalue weighted by atomic mass is 10.1. The molecule has 2 bridgehead atoms. The molecule has 39 heavy (non-hydrogen) atoms. The predicted octanol–water partition coefficient (Wildman–Crippen LogP) is 4.34. The van der Waals surface area contributed by atoms with Gasteiger partial charge in [-0.2, -0.15) is 5.10 Å². The van der Waals surface area contributed by atoms with E-state index in [4.69, 9.17) is 24.5 Å². The van der Waals surface area contributed by atoms with Gasteiger partial charge in [-0.05, 0) is 58.6 Å². The summed E-state index contributed by atoms with van der Waals surface area (Å²) in [6.45, 7) is 8.25. The normalized spacial score (nSPS) is 21.9. The van der Waals surface area contributed by atoms with Gasteiger partial charge in [-0.15, -0.1) is 0 Å². The Kier molecular flexibility index (Phi) is 6.37. The molecule has 5 heterocycles. The third-order valence-corrected chi connectivity index (χ3v) is 7.58. The van der Waals surface area contributed by atoms with Gasteiger partial charge in [0.05, 0.1) is 34.8 Å². The first-order valence-corrected chi connectivity index (χ1v) is 13.5. The summed E-state index contributed by atoms with van der Waals surface area (Å²) in [6, 6.07) is 6.38. The summed E-state index contributed by atoms with van der Waals surface area (Å²) >= 11 is 0. The molecule has 2 aromatic heterocycles. The fourth-order valence-corrected chi connectivity index (χ4v) is 5.69. The summed E-state index contributed by atoms with van der Waals surface area (Å²) in [7, 11) is 0. The Bertz CT molecular complexity index is 1380. The molecule has 6 rings (SSSR count). The minimum absolute atomic E-state index is 0.0200. The number of non-ortho nitro benzene ring substituents is 1. The molecule has 3 saturated heterocycles. The topological polar surface area (TPSA) is 129 Å². The fraction of sp³-hybridized carbons (Fsp3) is 0.556. The second-order valence-electron chi connectivity index (χ2n) is 11.6. The van der Waals surface area contributed by atoms with Crippen LogP contribution in [0.1, 0.15) is 52.5 Å². The van der Waals surface area contributed by atoms with Crippen molar-refractivity contribution >= 4 is 28.6 Å². The first-order valence-electron chi connectivity index (χ1n) is 13.5. The number of carbonyl (C=O) groups excluding carboxylic acids is 1. The zero-order chi connectivity index (χ0) is 27.3. The standard InChI is InChI=1S/C27H33N7O5/c1-27(2,3)39-26(35)31-12-10-18(11-13-31)33-25-22(14-28-33)24(32-15-20-8-9-21(16-32)38-20)29-23(30-25)17-4-6-19(7-5-17)34(36)37/h4-7,14,18,20-21H,8-13,15-16H2,1-3H3. The number of nitrogens with zero attached hydrogens (tertiary/aromatic N) is 7. The van der Waals surface area contributed by atoms with E-state index in [0.29, 0.717) is 24.5 Å². The number of anilines is 1. The first-order chi connectivity index (χ1) is 18.6. The number of piperidine rings is 1. The van der Waals surface area contributed by atoms with Crippen LogP contribution < -0.4 is 4.90 Å². The summed E-state index contributed by atoms with van der Waals surface area (Å²) in [4.78, 5) is 37.2. The van der Waals surface area contributed by atoms with Gasteiger partial charge in [-0.3, -0.25) is 10.1 Å². The molecule has 3 aliphatic heterocycles. The number of likely N-dealkylation sites (tertiary alicyclic amines) is 1. The predicted molar refractivity (Wildman–Crippen MR) is 144 cm³/mol. The van der Waals surface area contributed by atoms with Gasteiger partial charge >= 0.3 is 6.09 Å². The van der Waals surface area contributed by atoms with E-state index < -0.39 is 10.5 Å². The molecule has 3 aromatic rings. The second kappa shape index (κ2) is 9.74. The van der Waals surface area contributed by atoms with Crippen LogP contribution in [0.2, 0.25) is 0 Å². The van der Waals surface area contributed by atoms with Gasteiger partial charge in [0.25, 0.3) is 5.69 Å². The van der Waals surface area contributed by atoms with E-state index in [-0.39, 0.29) is 30.0 Å². The van der Waals surface area contributed by atoms with Crippen LogP contribution in [0.5, 0.6) is 0 Å². The van der Waals surface area contributed by atoms with Gasteiger partial charge in [0.1, 0.15) is 11.4 Å². The van der Waals surface area contributed by atoms with E-state index in [1.807, 2.05) is 31.6 Å². The Morgan fingerprint density at radius 3 is 2.33 bits per heavy atom. The lowest BCUT2D eigenvalue weighted by Gasteiger charge is -2.34. The van der Waals surface area contributed by atoms with Crippen molar-refractivity contribution in [3.05, 3.63) is 40.6 Å². The number of nitro benzene ring substituents is 1. The molecule has 3 aliphatic rings. The maximum absolute atomic E-state index is 12.6. The number of amides is 1. The lowest BCUT2D eigenvalue weighted by Crippen LogP contribution is -2.43. The number of benzene rings is 1. The quantitative estimate of drug-likeness (QED) is 0.354. The second-order valence-corrected chi connectivity index (χ2v) is 11.6. The zero-order valence-corrected chi connectivity index (χ0v) is 22.4. The summed E-state index contributed by atoms with van der Waals surface area (Å²) in [5.41, 5.74) is 0.911. The van der Waals surface area contributed by atoms with Crippen molar-refractivity contribution in [3.8, 4) is 11.4 Å². The van der Waals surface area contributed by atoms with E-state index in [9.17, 15) is 14.9 Å².